The third-order valence-electron chi connectivity index (χ3n) is 3.38. The molecule has 0 aliphatic carbocycles. The Balaban J connectivity index is 1.87. The second-order valence-electron chi connectivity index (χ2n) is 5.05. The van der Waals surface area contributed by atoms with Crippen molar-refractivity contribution in [3.05, 3.63) is 26.8 Å². The van der Waals surface area contributed by atoms with Crippen LogP contribution in [0.3, 0.4) is 0 Å². The van der Waals surface area contributed by atoms with E-state index in [9.17, 15) is 0 Å². The standard InChI is InChI=1S/C14H20ClIN2/c1-10(8-12-4-2-3-7-17-12)18-14-6-5-11(16)9-13(14)15/h5-6,9-10,12,17-18H,2-4,7-8H2,1H3. The predicted octanol–water partition coefficient (Wildman–Crippen LogP) is 4.28. The van der Waals surface area contributed by atoms with Gasteiger partial charge in [-0.3, -0.25) is 0 Å². The molecule has 0 saturated carbocycles. The lowest BCUT2D eigenvalue weighted by atomic mass is 9.99. The molecule has 4 heteroatoms. The molecule has 2 nitrogen and oxygen atoms in total. The van der Waals surface area contributed by atoms with Gasteiger partial charge in [-0.2, -0.15) is 0 Å². The molecule has 2 rings (SSSR count). The van der Waals surface area contributed by atoms with Crippen LogP contribution >= 0.6 is 34.2 Å². The Labute approximate surface area is 128 Å². The molecule has 2 unspecified atom stereocenters. The molecule has 1 aromatic rings. The summed E-state index contributed by atoms with van der Waals surface area (Å²) in [6, 6.07) is 7.24. The highest BCUT2D eigenvalue weighted by Gasteiger charge is 2.16. The van der Waals surface area contributed by atoms with E-state index in [1.54, 1.807) is 0 Å². The molecule has 0 aromatic heterocycles. The van der Waals surface area contributed by atoms with Gasteiger partial charge in [0, 0.05) is 15.7 Å². The lowest BCUT2D eigenvalue weighted by molar-refractivity contribution is 0.371. The first-order valence-corrected chi connectivity index (χ1v) is 8.06. The molecule has 0 bridgehead atoms. The van der Waals surface area contributed by atoms with Gasteiger partial charge in [-0.1, -0.05) is 18.0 Å². The topological polar surface area (TPSA) is 24.1 Å². The second-order valence-corrected chi connectivity index (χ2v) is 6.70. The molecule has 1 aromatic carbocycles. The van der Waals surface area contributed by atoms with E-state index < -0.39 is 0 Å². The van der Waals surface area contributed by atoms with E-state index in [0.29, 0.717) is 12.1 Å². The summed E-state index contributed by atoms with van der Waals surface area (Å²) >= 11 is 8.51. The van der Waals surface area contributed by atoms with E-state index in [1.807, 2.05) is 6.07 Å². The van der Waals surface area contributed by atoms with Gasteiger partial charge >= 0.3 is 0 Å². The zero-order chi connectivity index (χ0) is 13.0. The summed E-state index contributed by atoms with van der Waals surface area (Å²) in [5.41, 5.74) is 1.04. The van der Waals surface area contributed by atoms with Gasteiger partial charge in [-0.05, 0) is 73.5 Å². The molecule has 2 atom stereocenters. The van der Waals surface area contributed by atoms with Crippen molar-refractivity contribution in [2.24, 2.45) is 0 Å². The molecular formula is C14H20ClIN2. The summed E-state index contributed by atoms with van der Waals surface area (Å²) in [5.74, 6) is 0. The van der Waals surface area contributed by atoms with E-state index in [1.165, 1.54) is 29.4 Å². The summed E-state index contributed by atoms with van der Waals surface area (Å²) in [6.45, 7) is 3.40. The minimum Gasteiger partial charge on any atom is -0.381 e. The summed E-state index contributed by atoms with van der Waals surface area (Å²) in [7, 11) is 0. The highest BCUT2D eigenvalue weighted by atomic mass is 127. The Morgan fingerprint density at radius 1 is 1.50 bits per heavy atom. The third-order valence-corrected chi connectivity index (χ3v) is 4.37. The predicted molar refractivity (Wildman–Crippen MR) is 87.5 cm³/mol. The summed E-state index contributed by atoms with van der Waals surface area (Å²) < 4.78 is 1.17. The molecule has 1 saturated heterocycles. The molecule has 1 fully saturated rings. The lowest BCUT2D eigenvalue weighted by Crippen LogP contribution is -2.37. The van der Waals surface area contributed by atoms with Crippen LogP contribution in [0.15, 0.2) is 18.2 Å². The quantitative estimate of drug-likeness (QED) is 0.764. The van der Waals surface area contributed by atoms with Crippen molar-refractivity contribution in [3.63, 3.8) is 0 Å². The molecule has 100 valence electrons. The van der Waals surface area contributed by atoms with Gasteiger partial charge in [-0.25, -0.2) is 0 Å². The number of rotatable bonds is 4. The van der Waals surface area contributed by atoms with Crippen LogP contribution in [0.4, 0.5) is 5.69 Å². The van der Waals surface area contributed by atoms with Crippen LogP contribution in [0, 0.1) is 3.57 Å². The third kappa shape index (κ3) is 4.28. The molecule has 0 amide bonds. The molecule has 0 radical (unpaired) electrons. The summed E-state index contributed by atoms with van der Waals surface area (Å²) in [6.07, 6.45) is 5.13. The number of piperidine rings is 1. The van der Waals surface area contributed by atoms with Crippen LogP contribution in [0.1, 0.15) is 32.6 Å². The fraction of sp³-hybridized carbons (Fsp3) is 0.571. The maximum absolute atomic E-state index is 6.23. The van der Waals surface area contributed by atoms with Crippen molar-refractivity contribution in [3.8, 4) is 0 Å². The van der Waals surface area contributed by atoms with Gasteiger partial charge < -0.3 is 10.6 Å². The molecule has 1 heterocycles. The van der Waals surface area contributed by atoms with Gasteiger partial charge in [-0.15, -0.1) is 0 Å². The summed E-state index contributed by atoms with van der Waals surface area (Å²) in [5, 5.41) is 7.91. The van der Waals surface area contributed by atoms with Gasteiger partial charge in [0.25, 0.3) is 0 Å². The molecule has 1 aliphatic heterocycles. The van der Waals surface area contributed by atoms with Crippen molar-refractivity contribution < 1.29 is 0 Å². The Morgan fingerprint density at radius 3 is 3.00 bits per heavy atom. The van der Waals surface area contributed by atoms with Crippen molar-refractivity contribution in [1.29, 1.82) is 0 Å². The number of halogens is 2. The second kappa shape index (κ2) is 6.96. The zero-order valence-electron chi connectivity index (χ0n) is 10.7. The number of hydrogen-bond acceptors (Lipinski definition) is 2. The monoisotopic (exact) mass is 378 g/mol. The van der Waals surface area contributed by atoms with E-state index in [2.05, 4.69) is 52.3 Å². The minimum absolute atomic E-state index is 0.443. The average Bonchev–Trinajstić information content (AvgIpc) is 2.34. The van der Waals surface area contributed by atoms with Crippen LogP contribution in [0.5, 0.6) is 0 Å². The van der Waals surface area contributed by atoms with Crippen LogP contribution in [-0.4, -0.2) is 18.6 Å². The van der Waals surface area contributed by atoms with E-state index in [0.717, 1.165) is 17.1 Å². The Morgan fingerprint density at radius 2 is 2.33 bits per heavy atom. The fourth-order valence-corrected chi connectivity index (χ4v) is 3.39. The molecule has 2 N–H and O–H groups in total. The minimum atomic E-state index is 0.443. The molecule has 1 aliphatic rings. The summed E-state index contributed by atoms with van der Waals surface area (Å²) in [4.78, 5) is 0. The van der Waals surface area contributed by atoms with Gasteiger partial charge in [0.2, 0.25) is 0 Å². The normalized spacial score (nSPS) is 21.6. The van der Waals surface area contributed by atoms with E-state index in [-0.39, 0.29) is 0 Å². The van der Waals surface area contributed by atoms with Gasteiger partial charge in [0.05, 0.1) is 10.7 Å². The largest absolute Gasteiger partial charge is 0.381 e. The first-order chi connectivity index (χ1) is 8.65. The highest BCUT2D eigenvalue weighted by molar-refractivity contribution is 14.1. The average molecular weight is 379 g/mol. The SMILES string of the molecule is CC(CC1CCCCN1)Nc1ccc(I)cc1Cl. The molecule has 18 heavy (non-hydrogen) atoms. The van der Waals surface area contributed by atoms with Crippen LogP contribution in [0.25, 0.3) is 0 Å². The molecular weight excluding hydrogens is 359 g/mol. The zero-order valence-corrected chi connectivity index (χ0v) is 13.6. The lowest BCUT2D eigenvalue weighted by Gasteiger charge is -2.27. The van der Waals surface area contributed by atoms with Crippen LogP contribution in [0.2, 0.25) is 5.02 Å². The smallest absolute Gasteiger partial charge is 0.0648 e. The van der Waals surface area contributed by atoms with E-state index >= 15 is 0 Å². The van der Waals surface area contributed by atoms with Crippen molar-refractivity contribution in [2.75, 3.05) is 11.9 Å². The van der Waals surface area contributed by atoms with Crippen LogP contribution in [-0.2, 0) is 0 Å². The van der Waals surface area contributed by atoms with Crippen LogP contribution < -0.4 is 10.6 Å². The number of benzene rings is 1. The maximum atomic E-state index is 6.23. The number of hydrogen-bond donors (Lipinski definition) is 2. The van der Waals surface area contributed by atoms with Crippen molar-refractivity contribution in [1.82, 2.24) is 5.32 Å². The Hall–Kier alpha value is -0.0000000000000000555. The Kier molecular flexibility index (Phi) is 5.57. The maximum Gasteiger partial charge on any atom is 0.0648 e. The first-order valence-electron chi connectivity index (χ1n) is 6.60. The molecule has 0 spiro atoms. The number of nitrogens with one attached hydrogen (secondary N) is 2. The highest BCUT2D eigenvalue weighted by Crippen LogP contribution is 2.25. The number of anilines is 1. The van der Waals surface area contributed by atoms with E-state index in [4.69, 9.17) is 11.6 Å². The van der Waals surface area contributed by atoms with Gasteiger partial charge in [0.1, 0.15) is 0 Å². The Bertz CT molecular complexity index is 391. The fourth-order valence-electron chi connectivity index (χ4n) is 2.48. The van der Waals surface area contributed by atoms with Gasteiger partial charge in [0.15, 0.2) is 0 Å². The first kappa shape index (κ1) is 14.4. The van der Waals surface area contributed by atoms with Crippen molar-refractivity contribution >= 4 is 39.9 Å². The van der Waals surface area contributed by atoms with Crippen molar-refractivity contribution in [2.45, 2.75) is 44.7 Å².